The largest absolute Gasteiger partial charge is 0.394 e. The van der Waals surface area contributed by atoms with E-state index in [0.29, 0.717) is 12.2 Å². The SMILES string of the molecule is CCn1ncc(NC(C)(CO)CO)c(Cl)c1=O. The van der Waals surface area contributed by atoms with E-state index in [2.05, 4.69) is 10.4 Å². The average molecular weight is 262 g/mol. The van der Waals surface area contributed by atoms with Crippen LogP contribution in [0.3, 0.4) is 0 Å². The van der Waals surface area contributed by atoms with Gasteiger partial charge in [-0.1, -0.05) is 11.6 Å². The minimum atomic E-state index is -0.948. The summed E-state index contributed by atoms with van der Waals surface area (Å²) in [4.78, 5) is 11.7. The zero-order valence-electron chi connectivity index (χ0n) is 9.77. The first-order valence-electron chi connectivity index (χ1n) is 5.23. The zero-order chi connectivity index (χ0) is 13.1. The van der Waals surface area contributed by atoms with Crippen LogP contribution in [-0.2, 0) is 6.54 Å². The van der Waals surface area contributed by atoms with Crippen molar-refractivity contribution in [1.29, 1.82) is 0 Å². The number of aliphatic hydroxyl groups is 2. The highest BCUT2D eigenvalue weighted by molar-refractivity contribution is 6.32. The van der Waals surface area contributed by atoms with Crippen molar-refractivity contribution in [2.45, 2.75) is 25.9 Å². The van der Waals surface area contributed by atoms with E-state index in [9.17, 15) is 4.79 Å². The maximum absolute atomic E-state index is 11.7. The second-order valence-corrected chi connectivity index (χ2v) is 4.37. The van der Waals surface area contributed by atoms with Gasteiger partial charge in [0, 0.05) is 6.54 Å². The van der Waals surface area contributed by atoms with Crippen molar-refractivity contribution < 1.29 is 10.2 Å². The van der Waals surface area contributed by atoms with Gasteiger partial charge in [0.15, 0.2) is 0 Å². The first kappa shape index (κ1) is 14.0. The Kier molecular flexibility index (Phi) is 4.50. The fourth-order valence-corrected chi connectivity index (χ4v) is 1.43. The molecule has 0 fully saturated rings. The van der Waals surface area contributed by atoms with E-state index in [1.54, 1.807) is 13.8 Å². The molecule has 0 aromatic carbocycles. The quantitative estimate of drug-likeness (QED) is 0.698. The molecule has 0 aliphatic carbocycles. The molecule has 0 atom stereocenters. The van der Waals surface area contributed by atoms with Crippen LogP contribution in [0.4, 0.5) is 5.69 Å². The summed E-state index contributed by atoms with van der Waals surface area (Å²) in [5, 5.41) is 25.0. The first-order valence-corrected chi connectivity index (χ1v) is 5.60. The van der Waals surface area contributed by atoms with Gasteiger partial charge >= 0.3 is 0 Å². The summed E-state index contributed by atoms with van der Waals surface area (Å²) in [7, 11) is 0. The molecular formula is C10H16ClN3O3. The maximum atomic E-state index is 11.7. The highest BCUT2D eigenvalue weighted by atomic mass is 35.5. The summed E-state index contributed by atoms with van der Waals surface area (Å²) >= 11 is 5.90. The predicted octanol–water partition coefficient (Wildman–Crippen LogP) is 0.0718. The van der Waals surface area contributed by atoms with Gasteiger partial charge in [-0.05, 0) is 13.8 Å². The van der Waals surface area contributed by atoms with Crippen LogP contribution in [0.5, 0.6) is 0 Å². The minimum absolute atomic E-state index is 0.00465. The molecular weight excluding hydrogens is 246 g/mol. The third kappa shape index (κ3) is 2.96. The van der Waals surface area contributed by atoms with Crippen molar-refractivity contribution in [1.82, 2.24) is 9.78 Å². The highest BCUT2D eigenvalue weighted by Gasteiger charge is 2.23. The molecule has 3 N–H and O–H groups in total. The van der Waals surface area contributed by atoms with Crippen LogP contribution >= 0.6 is 11.6 Å². The van der Waals surface area contributed by atoms with E-state index in [0.717, 1.165) is 0 Å². The van der Waals surface area contributed by atoms with Crippen molar-refractivity contribution in [3.05, 3.63) is 21.6 Å². The Bertz CT molecular complexity index is 443. The Morgan fingerprint density at radius 3 is 2.59 bits per heavy atom. The molecule has 0 bridgehead atoms. The second-order valence-electron chi connectivity index (χ2n) is 4.00. The number of nitrogens with one attached hydrogen (secondary N) is 1. The van der Waals surface area contributed by atoms with Gasteiger partial charge in [-0.25, -0.2) is 4.68 Å². The van der Waals surface area contributed by atoms with Crippen molar-refractivity contribution >= 4 is 17.3 Å². The predicted molar refractivity (Wildman–Crippen MR) is 65.4 cm³/mol. The highest BCUT2D eigenvalue weighted by Crippen LogP contribution is 2.20. The van der Waals surface area contributed by atoms with Crippen molar-refractivity contribution in [2.75, 3.05) is 18.5 Å². The Labute approximate surface area is 104 Å². The zero-order valence-corrected chi connectivity index (χ0v) is 10.5. The molecule has 17 heavy (non-hydrogen) atoms. The molecule has 7 heteroatoms. The Morgan fingerprint density at radius 2 is 2.12 bits per heavy atom. The van der Waals surface area contributed by atoms with Gasteiger partial charge in [-0.15, -0.1) is 0 Å². The maximum Gasteiger partial charge on any atom is 0.287 e. The lowest BCUT2D eigenvalue weighted by atomic mass is 10.1. The van der Waals surface area contributed by atoms with Crippen molar-refractivity contribution in [2.24, 2.45) is 0 Å². The molecule has 1 heterocycles. The molecule has 0 amide bonds. The molecule has 0 aliphatic heterocycles. The van der Waals surface area contributed by atoms with E-state index < -0.39 is 11.1 Å². The van der Waals surface area contributed by atoms with Crippen LogP contribution in [0.1, 0.15) is 13.8 Å². The number of halogens is 1. The number of nitrogens with zero attached hydrogens (tertiary/aromatic N) is 2. The van der Waals surface area contributed by atoms with Gasteiger partial charge in [0.2, 0.25) is 0 Å². The van der Waals surface area contributed by atoms with Gasteiger partial charge < -0.3 is 15.5 Å². The van der Waals surface area contributed by atoms with Crippen LogP contribution in [0.15, 0.2) is 11.0 Å². The lowest BCUT2D eigenvalue weighted by Gasteiger charge is -2.27. The number of rotatable bonds is 5. The lowest BCUT2D eigenvalue weighted by molar-refractivity contribution is 0.147. The number of aryl methyl sites for hydroxylation is 1. The van der Waals surface area contributed by atoms with E-state index in [4.69, 9.17) is 21.8 Å². The monoisotopic (exact) mass is 261 g/mol. The van der Waals surface area contributed by atoms with E-state index in [1.807, 2.05) is 0 Å². The van der Waals surface area contributed by atoms with Crippen molar-refractivity contribution in [3.63, 3.8) is 0 Å². The number of aliphatic hydroxyl groups excluding tert-OH is 2. The number of hydrogen-bond donors (Lipinski definition) is 3. The van der Waals surface area contributed by atoms with Crippen LogP contribution in [-0.4, -0.2) is 38.7 Å². The summed E-state index contributed by atoms with van der Waals surface area (Å²) in [6, 6.07) is 0. The molecule has 0 spiro atoms. The van der Waals surface area contributed by atoms with Crippen LogP contribution < -0.4 is 10.9 Å². The third-order valence-electron chi connectivity index (χ3n) is 2.42. The molecule has 0 aliphatic rings. The van der Waals surface area contributed by atoms with Crippen LogP contribution in [0, 0.1) is 0 Å². The number of hydrogen-bond acceptors (Lipinski definition) is 5. The third-order valence-corrected chi connectivity index (χ3v) is 2.78. The standard InChI is InChI=1S/C10H16ClN3O3/c1-3-14-9(17)8(11)7(4-12-14)13-10(2,5-15)6-16/h4,13,15-16H,3,5-6H2,1-2H3. The summed E-state index contributed by atoms with van der Waals surface area (Å²) in [5.41, 5.74) is -1.06. The number of anilines is 1. The lowest BCUT2D eigenvalue weighted by Crippen LogP contribution is -2.43. The fourth-order valence-electron chi connectivity index (χ4n) is 1.23. The van der Waals surface area contributed by atoms with Gasteiger partial charge in [-0.2, -0.15) is 5.10 Å². The fraction of sp³-hybridized carbons (Fsp3) is 0.600. The van der Waals surface area contributed by atoms with E-state index in [1.165, 1.54) is 10.9 Å². The van der Waals surface area contributed by atoms with Crippen LogP contribution in [0.25, 0.3) is 0 Å². The summed E-state index contributed by atoms with van der Waals surface area (Å²) < 4.78 is 1.22. The Hall–Kier alpha value is -1.11. The molecule has 0 radical (unpaired) electrons. The molecule has 1 aromatic heterocycles. The minimum Gasteiger partial charge on any atom is -0.394 e. The van der Waals surface area contributed by atoms with E-state index in [-0.39, 0.29) is 18.2 Å². The second kappa shape index (κ2) is 5.48. The van der Waals surface area contributed by atoms with Gasteiger partial charge in [0.05, 0.1) is 30.6 Å². The smallest absolute Gasteiger partial charge is 0.287 e. The van der Waals surface area contributed by atoms with Crippen molar-refractivity contribution in [3.8, 4) is 0 Å². The molecule has 6 nitrogen and oxygen atoms in total. The molecule has 0 unspecified atom stereocenters. The molecule has 96 valence electrons. The van der Waals surface area contributed by atoms with Gasteiger partial charge in [0.25, 0.3) is 5.56 Å². The van der Waals surface area contributed by atoms with Crippen LogP contribution in [0.2, 0.25) is 5.02 Å². The molecule has 1 rings (SSSR count). The molecule has 0 saturated carbocycles. The summed E-state index contributed by atoms with van der Waals surface area (Å²) in [6.45, 7) is 3.22. The molecule has 1 aromatic rings. The Balaban J connectivity index is 3.09. The normalized spacial score (nSPS) is 11.6. The van der Waals surface area contributed by atoms with Gasteiger partial charge in [-0.3, -0.25) is 4.79 Å². The summed E-state index contributed by atoms with van der Waals surface area (Å²) in [5.74, 6) is 0. The summed E-state index contributed by atoms with van der Waals surface area (Å²) in [6.07, 6.45) is 1.40. The van der Waals surface area contributed by atoms with Gasteiger partial charge in [0.1, 0.15) is 5.02 Å². The number of aromatic nitrogens is 2. The first-order chi connectivity index (χ1) is 7.97. The van der Waals surface area contributed by atoms with E-state index >= 15 is 0 Å². The Morgan fingerprint density at radius 1 is 1.53 bits per heavy atom. The topological polar surface area (TPSA) is 87.4 Å². The average Bonchev–Trinajstić information content (AvgIpc) is 2.35. The molecule has 0 saturated heterocycles.